The fourth-order valence-corrected chi connectivity index (χ4v) is 7.51. The Labute approximate surface area is 239 Å². The summed E-state index contributed by atoms with van der Waals surface area (Å²) in [6, 6.07) is 10.7. The molecule has 2 amide bonds. The number of halogens is 1. The molecule has 0 spiro atoms. The lowest BCUT2D eigenvalue weighted by Gasteiger charge is -2.31. The maximum Gasteiger partial charge on any atom is 0.234 e. The van der Waals surface area contributed by atoms with Crippen molar-refractivity contribution in [1.29, 1.82) is 0 Å². The Bertz CT molecular complexity index is 1350. The van der Waals surface area contributed by atoms with Gasteiger partial charge in [-0.25, -0.2) is 0 Å². The molecule has 40 heavy (non-hydrogen) atoms. The van der Waals surface area contributed by atoms with Crippen molar-refractivity contribution in [3.8, 4) is 5.75 Å². The van der Waals surface area contributed by atoms with E-state index in [4.69, 9.17) is 16.3 Å². The standard InChI is InChI=1S/C32H35ClN2O5/c33-26-16-23(37)11-9-19(26)14-20(27-8-4-5-13-34-27)10-12-28-29-21(17-36)15-24-30(25(29)18-40-28)32(39)35(31(24)38)22-6-2-1-3-7-22/h4-5,8-9,11,13-14,16,22,24-25,28,30,36-37H,1-3,6-7,10,12,15,17-18H2/b20-14-/t24-,25+,28-,30-/m1/s1. The Balaban J connectivity index is 1.25. The molecule has 7 nitrogen and oxygen atoms in total. The predicted molar refractivity (Wildman–Crippen MR) is 152 cm³/mol. The Morgan fingerprint density at radius 2 is 1.93 bits per heavy atom. The molecule has 2 N–H and O–H groups in total. The number of likely N-dealkylation sites (tertiary alicyclic amines) is 1. The third-order valence-electron chi connectivity index (χ3n) is 9.16. The number of nitrogens with zero attached hydrogens (tertiary/aromatic N) is 2. The molecule has 4 aliphatic rings. The van der Waals surface area contributed by atoms with Crippen molar-refractivity contribution < 1.29 is 24.5 Å². The minimum Gasteiger partial charge on any atom is -0.508 e. The first-order valence-electron chi connectivity index (χ1n) is 14.4. The molecule has 6 rings (SSSR count). The second kappa shape index (κ2) is 11.5. The smallest absolute Gasteiger partial charge is 0.234 e. The van der Waals surface area contributed by atoms with Crippen LogP contribution in [0.4, 0.5) is 0 Å². The molecule has 2 aromatic rings. The number of aliphatic hydroxyl groups excluding tert-OH is 1. The number of allylic oxidation sites excluding steroid dienone is 1. The molecule has 2 aliphatic heterocycles. The molecule has 2 saturated heterocycles. The van der Waals surface area contributed by atoms with Gasteiger partial charge in [-0.15, -0.1) is 0 Å². The highest BCUT2D eigenvalue weighted by molar-refractivity contribution is 6.32. The highest BCUT2D eigenvalue weighted by atomic mass is 35.5. The number of pyridine rings is 1. The molecule has 1 aromatic carbocycles. The Hall–Kier alpha value is -3.00. The molecule has 1 saturated carbocycles. The summed E-state index contributed by atoms with van der Waals surface area (Å²) >= 11 is 6.41. The SMILES string of the molecule is O=C1[C@@H]2[C@@H](CC(CO)=C3[C@@H](CC/C(=C/c4ccc(O)cc4Cl)c4ccccn4)OC[C@@H]32)C(=O)N1C1CCCCC1. The maximum atomic E-state index is 13.7. The van der Waals surface area contributed by atoms with Crippen molar-refractivity contribution in [1.82, 2.24) is 9.88 Å². The van der Waals surface area contributed by atoms with Gasteiger partial charge >= 0.3 is 0 Å². The van der Waals surface area contributed by atoms with Gasteiger partial charge < -0.3 is 14.9 Å². The van der Waals surface area contributed by atoms with Crippen LogP contribution in [0.25, 0.3) is 11.6 Å². The van der Waals surface area contributed by atoms with Crippen LogP contribution in [0.1, 0.15) is 62.6 Å². The summed E-state index contributed by atoms with van der Waals surface area (Å²) in [5, 5.41) is 20.6. The largest absolute Gasteiger partial charge is 0.508 e. The number of rotatable bonds is 7. The molecule has 1 aromatic heterocycles. The van der Waals surface area contributed by atoms with E-state index >= 15 is 0 Å². The highest BCUT2D eigenvalue weighted by Gasteiger charge is 2.58. The van der Waals surface area contributed by atoms with Gasteiger partial charge in [-0.1, -0.05) is 36.9 Å². The Morgan fingerprint density at radius 3 is 2.65 bits per heavy atom. The first-order chi connectivity index (χ1) is 19.5. The number of amides is 2. The molecule has 0 radical (unpaired) electrons. The zero-order valence-corrected chi connectivity index (χ0v) is 23.2. The van der Waals surface area contributed by atoms with Gasteiger partial charge in [0.1, 0.15) is 5.75 Å². The average Bonchev–Trinajstić information content (AvgIpc) is 3.50. The minimum atomic E-state index is -0.397. The van der Waals surface area contributed by atoms with Crippen LogP contribution >= 0.6 is 11.6 Å². The molecule has 0 unspecified atom stereocenters. The number of phenols is 1. The Kier molecular flexibility index (Phi) is 7.80. The van der Waals surface area contributed by atoms with Gasteiger partial charge in [0.25, 0.3) is 0 Å². The predicted octanol–water partition coefficient (Wildman–Crippen LogP) is 5.40. The number of ether oxygens (including phenoxy) is 1. The number of aromatic hydroxyl groups is 1. The molecule has 3 fully saturated rings. The van der Waals surface area contributed by atoms with Gasteiger partial charge in [-0.05, 0) is 90.8 Å². The highest BCUT2D eigenvalue weighted by Crippen LogP contribution is 2.50. The number of benzene rings is 1. The second-order valence-corrected chi connectivity index (χ2v) is 11.9. The van der Waals surface area contributed by atoms with Crippen molar-refractivity contribution in [2.45, 2.75) is 63.5 Å². The van der Waals surface area contributed by atoms with Crippen LogP contribution in [0.15, 0.2) is 53.7 Å². The van der Waals surface area contributed by atoms with Gasteiger partial charge in [-0.2, -0.15) is 0 Å². The van der Waals surface area contributed by atoms with Crippen LogP contribution in [0, 0.1) is 17.8 Å². The van der Waals surface area contributed by atoms with E-state index < -0.39 is 11.8 Å². The van der Waals surface area contributed by atoms with Gasteiger partial charge in [-0.3, -0.25) is 19.5 Å². The van der Waals surface area contributed by atoms with Crippen LogP contribution < -0.4 is 0 Å². The van der Waals surface area contributed by atoms with E-state index in [0.717, 1.165) is 60.1 Å². The number of carbonyl (C=O) groups is 2. The van der Waals surface area contributed by atoms with Crippen LogP contribution in [-0.2, 0) is 14.3 Å². The number of aromatic nitrogens is 1. The number of fused-ring (bicyclic) bond motifs is 3. The zero-order chi connectivity index (χ0) is 27.8. The van der Waals surface area contributed by atoms with E-state index in [0.29, 0.717) is 30.9 Å². The zero-order valence-electron chi connectivity index (χ0n) is 22.5. The fourth-order valence-electron chi connectivity index (χ4n) is 7.28. The van der Waals surface area contributed by atoms with Crippen molar-refractivity contribution in [2.75, 3.05) is 13.2 Å². The fraction of sp³-hybridized carbons (Fsp3) is 0.469. The maximum absolute atomic E-state index is 13.7. The lowest BCUT2D eigenvalue weighted by Crippen LogP contribution is -2.42. The number of carbonyl (C=O) groups excluding carboxylic acids is 2. The van der Waals surface area contributed by atoms with E-state index in [-0.39, 0.29) is 42.2 Å². The topological polar surface area (TPSA) is 100.0 Å². The van der Waals surface area contributed by atoms with E-state index in [1.807, 2.05) is 24.3 Å². The van der Waals surface area contributed by atoms with Crippen LogP contribution in [0.2, 0.25) is 5.02 Å². The molecule has 0 bridgehead atoms. The van der Waals surface area contributed by atoms with Crippen molar-refractivity contribution in [2.24, 2.45) is 17.8 Å². The number of phenolic OH excluding ortho intramolecular Hbond substituents is 1. The molecular weight excluding hydrogens is 528 g/mol. The van der Waals surface area contributed by atoms with E-state index in [1.54, 1.807) is 23.2 Å². The van der Waals surface area contributed by atoms with E-state index in [9.17, 15) is 19.8 Å². The summed E-state index contributed by atoms with van der Waals surface area (Å²) in [6.07, 6.45) is 10.2. The minimum absolute atomic E-state index is 0.0104. The normalized spacial score (nSPS) is 27.4. The summed E-state index contributed by atoms with van der Waals surface area (Å²) in [6.45, 7) is 0.250. The van der Waals surface area contributed by atoms with E-state index in [2.05, 4.69) is 4.98 Å². The monoisotopic (exact) mass is 562 g/mol. The van der Waals surface area contributed by atoms with Gasteiger partial charge in [0.2, 0.25) is 11.8 Å². The molecule has 3 heterocycles. The van der Waals surface area contributed by atoms with E-state index in [1.165, 1.54) is 6.07 Å². The lowest BCUT2D eigenvalue weighted by molar-refractivity contribution is -0.143. The lowest BCUT2D eigenvalue weighted by atomic mass is 9.69. The molecule has 8 heteroatoms. The molecule has 210 valence electrons. The van der Waals surface area contributed by atoms with Crippen molar-refractivity contribution >= 4 is 35.1 Å². The van der Waals surface area contributed by atoms with Crippen LogP contribution in [0.5, 0.6) is 5.75 Å². The summed E-state index contributed by atoms with van der Waals surface area (Å²) < 4.78 is 6.32. The number of aliphatic hydroxyl groups is 1. The number of hydrogen-bond donors (Lipinski definition) is 2. The van der Waals surface area contributed by atoms with Crippen molar-refractivity contribution in [3.05, 3.63) is 70.0 Å². The second-order valence-electron chi connectivity index (χ2n) is 11.4. The third kappa shape index (κ3) is 5.00. The number of imide groups is 1. The average molecular weight is 563 g/mol. The van der Waals surface area contributed by atoms with Gasteiger partial charge in [0, 0.05) is 18.2 Å². The van der Waals surface area contributed by atoms with Gasteiger partial charge in [0.15, 0.2) is 0 Å². The summed E-state index contributed by atoms with van der Waals surface area (Å²) in [5.41, 5.74) is 4.43. The molecule has 2 aliphatic carbocycles. The summed E-state index contributed by atoms with van der Waals surface area (Å²) in [5.74, 6) is -0.958. The van der Waals surface area contributed by atoms with Crippen LogP contribution in [-0.4, -0.2) is 57.3 Å². The molecule has 4 atom stereocenters. The quantitative estimate of drug-likeness (QED) is 0.346. The first-order valence-corrected chi connectivity index (χ1v) is 14.8. The number of hydrogen-bond acceptors (Lipinski definition) is 6. The molecular formula is C32H35ClN2O5. The first kappa shape index (κ1) is 27.2. The Morgan fingerprint density at radius 1 is 1.10 bits per heavy atom. The third-order valence-corrected chi connectivity index (χ3v) is 9.48. The van der Waals surface area contributed by atoms with Gasteiger partial charge in [0.05, 0.1) is 41.9 Å². The summed E-state index contributed by atoms with van der Waals surface area (Å²) in [7, 11) is 0. The summed E-state index contributed by atoms with van der Waals surface area (Å²) in [4.78, 5) is 33.4. The van der Waals surface area contributed by atoms with Crippen LogP contribution in [0.3, 0.4) is 0 Å². The van der Waals surface area contributed by atoms with Crippen molar-refractivity contribution in [3.63, 3.8) is 0 Å².